The van der Waals surface area contributed by atoms with E-state index in [1.807, 2.05) is 24.3 Å². The van der Waals surface area contributed by atoms with Gasteiger partial charge < -0.3 is 5.73 Å². The fraction of sp³-hybridized carbons (Fsp3) is 0.308. The van der Waals surface area contributed by atoms with Crippen molar-refractivity contribution >= 4 is 26.9 Å². The normalized spacial score (nSPS) is 17.1. The molecule has 0 radical (unpaired) electrons. The van der Waals surface area contributed by atoms with Crippen molar-refractivity contribution in [3.05, 3.63) is 45.4 Å². The summed E-state index contributed by atoms with van der Waals surface area (Å²) in [7, 11) is -2.91. The quantitative estimate of drug-likeness (QED) is 0.857. The molecular weight excluding hydrogens is 280 g/mol. The van der Waals surface area contributed by atoms with E-state index in [0.29, 0.717) is 6.42 Å². The van der Waals surface area contributed by atoms with Crippen LogP contribution in [0.5, 0.6) is 0 Å². The minimum Gasteiger partial charge on any atom is -0.399 e. The highest BCUT2D eigenvalue weighted by Gasteiger charge is 2.24. The van der Waals surface area contributed by atoms with Gasteiger partial charge in [-0.2, -0.15) is 0 Å². The van der Waals surface area contributed by atoms with Crippen molar-refractivity contribution in [1.82, 2.24) is 4.98 Å². The summed E-state index contributed by atoms with van der Waals surface area (Å²) in [6.07, 6.45) is 1.29. The Morgan fingerprint density at radius 2 is 2.00 bits per heavy atom. The molecule has 1 aromatic heterocycles. The van der Waals surface area contributed by atoms with E-state index >= 15 is 0 Å². The number of benzene rings is 1. The van der Waals surface area contributed by atoms with Crippen LogP contribution in [0.4, 0.5) is 5.69 Å². The first-order valence-electron chi connectivity index (χ1n) is 6.04. The van der Waals surface area contributed by atoms with Crippen LogP contribution in [0.15, 0.2) is 24.3 Å². The lowest BCUT2D eigenvalue weighted by Gasteiger charge is -2.09. The summed E-state index contributed by atoms with van der Waals surface area (Å²) in [5, 5.41) is 0.979. The largest absolute Gasteiger partial charge is 0.399 e. The number of nitrogens with zero attached hydrogens (tertiary/aromatic N) is 1. The molecule has 3 rings (SSSR count). The van der Waals surface area contributed by atoms with Crippen LogP contribution in [-0.4, -0.2) is 19.2 Å². The molecule has 0 saturated carbocycles. The van der Waals surface area contributed by atoms with E-state index in [2.05, 4.69) is 4.98 Å². The van der Waals surface area contributed by atoms with E-state index in [1.54, 1.807) is 0 Å². The smallest absolute Gasteiger partial charge is 0.155 e. The van der Waals surface area contributed by atoms with Crippen LogP contribution in [0.2, 0.25) is 0 Å². The summed E-state index contributed by atoms with van der Waals surface area (Å²) >= 11 is 1.52. The number of anilines is 1. The molecule has 0 spiro atoms. The van der Waals surface area contributed by atoms with Gasteiger partial charge in [0.25, 0.3) is 0 Å². The van der Waals surface area contributed by atoms with Gasteiger partial charge >= 0.3 is 0 Å². The Morgan fingerprint density at radius 3 is 2.74 bits per heavy atom. The summed E-state index contributed by atoms with van der Waals surface area (Å²) in [5.74, 6) is 0.382. The molecule has 2 aromatic rings. The Kier molecular flexibility index (Phi) is 3.06. The summed E-state index contributed by atoms with van der Waals surface area (Å²) in [4.78, 5) is 5.47. The number of sulfone groups is 1. The third-order valence-electron chi connectivity index (χ3n) is 3.16. The Hall–Kier alpha value is -1.40. The van der Waals surface area contributed by atoms with E-state index in [9.17, 15) is 8.42 Å². The van der Waals surface area contributed by atoms with Gasteiger partial charge in [-0.05, 0) is 17.7 Å². The van der Waals surface area contributed by atoms with Crippen molar-refractivity contribution in [3.8, 4) is 0 Å². The molecule has 0 fully saturated rings. The summed E-state index contributed by atoms with van der Waals surface area (Å²) in [6.45, 7) is 0. The topological polar surface area (TPSA) is 73.0 Å². The number of thiazole rings is 1. The fourth-order valence-electron chi connectivity index (χ4n) is 2.15. The van der Waals surface area contributed by atoms with Gasteiger partial charge in [0, 0.05) is 23.4 Å². The van der Waals surface area contributed by atoms with Crippen molar-refractivity contribution in [2.45, 2.75) is 18.6 Å². The van der Waals surface area contributed by atoms with Crippen molar-refractivity contribution in [1.29, 1.82) is 0 Å². The first-order chi connectivity index (χ1) is 9.02. The first-order valence-corrected chi connectivity index (χ1v) is 8.68. The van der Waals surface area contributed by atoms with Crippen LogP contribution in [0.3, 0.4) is 0 Å². The number of aryl methyl sites for hydroxylation is 1. The Bertz CT molecular complexity index is 703. The maximum absolute atomic E-state index is 11.6. The molecule has 1 aliphatic rings. The van der Waals surface area contributed by atoms with E-state index in [4.69, 9.17) is 5.73 Å². The van der Waals surface area contributed by atoms with Crippen LogP contribution in [0.25, 0.3) is 0 Å². The lowest BCUT2D eigenvalue weighted by atomic mass is 10.1. The van der Waals surface area contributed by atoms with Gasteiger partial charge in [0.05, 0.1) is 22.2 Å². The molecule has 2 N–H and O–H groups in total. The molecule has 1 aliphatic heterocycles. The molecule has 0 saturated heterocycles. The molecule has 6 heteroatoms. The molecule has 100 valence electrons. The molecule has 2 heterocycles. The standard InChI is InChI=1S/C13H14N2O2S2/c14-10-3-1-9(2-4-10)7-13-15-11-5-6-19(16,17)8-12(11)18-13/h1-4H,5-8,14H2. The van der Waals surface area contributed by atoms with Gasteiger partial charge in [-0.25, -0.2) is 13.4 Å². The highest BCUT2D eigenvalue weighted by atomic mass is 32.2. The minimum absolute atomic E-state index is 0.155. The van der Waals surface area contributed by atoms with Crippen LogP contribution < -0.4 is 5.73 Å². The number of nitrogens with two attached hydrogens (primary N) is 1. The second-order valence-electron chi connectivity index (χ2n) is 4.74. The van der Waals surface area contributed by atoms with Crippen molar-refractivity contribution in [2.24, 2.45) is 0 Å². The van der Waals surface area contributed by atoms with Crippen LogP contribution in [0.1, 0.15) is 21.1 Å². The monoisotopic (exact) mass is 294 g/mol. The van der Waals surface area contributed by atoms with E-state index in [1.165, 1.54) is 11.3 Å². The molecule has 0 unspecified atom stereocenters. The third kappa shape index (κ3) is 2.79. The predicted octanol–water partition coefficient (Wildman–Crippen LogP) is 1.79. The zero-order valence-electron chi connectivity index (χ0n) is 10.3. The van der Waals surface area contributed by atoms with Gasteiger partial charge in [0.2, 0.25) is 0 Å². The minimum atomic E-state index is -2.91. The molecular formula is C13H14N2O2S2. The maximum atomic E-state index is 11.6. The first kappa shape index (κ1) is 12.6. The Morgan fingerprint density at radius 1 is 1.26 bits per heavy atom. The van der Waals surface area contributed by atoms with Crippen LogP contribution in [0, 0.1) is 0 Å². The molecule has 0 bridgehead atoms. The van der Waals surface area contributed by atoms with Crippen LogP contribution in [-0.2, 0) is 28.4 Å². The van der Waals surface area contributed by atoms with Gasteiger partial charge in [-0.1, -0.05) is 12.1 Å². The summed E-state index contributed by atoms with van der Waals surface area (Å²) in [5.41, 5.74) is 8.50. The van der Waals surface area contributed by atoms with Crippen molar-refractivity contribution in [2.75, 3.05) is 11.5 Å². The van der Waals surface area contributed by atoms with E-state index < -0.39 is 9.84 Å². The number of hydrogen-bond acceptors (Lipinski definition) is 5. The van der Waals surface area contributed by atoms with Crippen LogP contribution >= 0.6 is 11.3 Å². The Balaban J connectivity index is 1.84. The second kappa shape index (κ2) is 4.61. The van der Waals surface area contributed by atoms with Gasteiger partial charge in [-0.3, -0.25) is 0 Å². The molecule has 19 heavy (non-hydrogen) atoms. The molecule has 0 atom stereocenters. The fourth-order valence-corrected chi connectivity index (χ4v) is 5.09. The SMILES string of the molecule is Nc1ccc(Cc2nc3c(s2)CS(=O)(=O)CC3)cc1. The second-order valence-corrected chi connectivity index (χ2v) is 8.09. The highest BCUT2D eigenvalue weighted by Crippen LogP contribution is 2.27. The summed E-state index contributed by atoms with van der Waals surface area (Å²) < 4.78 is 23.2. The molecule has 4 nitrogen and oxygen atoms in total. The number of hydrogen-bond donors (Lipinski definition) is 1. The van der Waals surface area contributed by atoms with Gasteiger partial charge in [0.1, 0.15) is 0 Å². The average Bonchev–Trinajstić information content (AvgIpc) is 2.72. The average molecular weight is 294 g/mol. The zero-order valence-corrected chi connectivity index (χ0v) is 11.9. The van der Waals surface area contributed by atoms with Crippen molar-refractivity contribution in [3.63, 3.8) is 0 Å². The third-order valence-corrected chi connectivity index (χ3v) is 5.99. The van der Waals surface area contributed by atoms with Gasteiger partial charge in [0.15, 0.2) is 9.84 Å². The van der Waals surface area contributed by atoms with Crippen molar-refractivity contribution < 1.29 is 8.42 Å². The lowest BCUT2D eigenvalue weighted by Crippen LogP contribution is -2.17. The number of fused-ring (bicyclic) bond motifs is 1. The summed E-state index contributed by atoms with van der Waals surface area (Å²) in [6, 6.07) is 7.69. The molecule has 1 aromatic carbocycles. The number of rotatable bonds is 2. The van der Waals surface area contributed by atoms with Gasteiger partial charge in [-0.15, -0.1) is 11.3 Å². The molecule has 0 amide bonds. The maximum Gasteiger partial charge on any atom is 0.155 e. The van der Waals surface area contributed by atoms with E-state index in [0.717, 1.165) is 33.3 Å². The predicted molar refractivity (Wildman–Crippen MR) is 77.0 cm³/mol. The number of nitrogen functional groups attached to an aromatic ring is 1. The lowest BCUT2D eigenvalue weighted by molar-refractivity contribution is 0.591. The molecule has 0 aliphatic carbocycles. The number of aromatic nitrogens is 1. The Labute approximate surface area is 116 Å². The van der Waals surface area contributed by atoms with E-state index in [-0.39, 0.29) is 11.5 Å². The highest BCUT2D eigenvalue weighted by molar-refractivity contribution is 7.90. The zero-order chi connectivity index (χ0) is 13.5.